The minimum Gasteiger partial charge on any atom is -0.394 e. The molecule has 0 bridgehead atoms. The van der Waals surface area contributed by atoms with Crippen LogP contribution >= 0.6 is 0 Å². The number of hydrogen-bond donors (Lipinski definition) is 1. The van der Waals surface area contributed by atoms with Gasteiger partial charge in [-0.3, -0.25) is 4.57 Å². The topological polar surface area (TPSA) is 76.3 Å². The van der Waals surface area contributed by atoms with Crippen molar-refractivity contribution >= 4 is 17.0 Å². The van der Waals surface area contributed by atoms with Crippen molar-refractivity contribution in [3.05, 3.63) is 12.7 Å². The number of hydrogen-bond acceptors (Lipinski definition) is 6. The van der Waals surface area contributed by atoms with E-state index in [0.717, 1.165) is 0 Å². The van der Waals surface area contributed by atoms with Crippen LogP contribution in [0.4, 0.5) is 10.2 Å². The molecule has 8 heteroatoms. The molecular weight excluding hydrogens is 265 g/mol. The molecule has 108 valence electrons. The van der Waals surface area contributed by atoms with Gasteiger partial charge in [0.2, 0.25) is 0 Å². The first-order valence-electron chi connectivity index (χ1n) is 6.37. The van der Waals surface area contributed by atoms with E-state index in [0.29, 0.717) is 17.0 Å². The van der Waals surface area contributed by atoms with Gasteiger partial charge < -0.3 is 14.7 Å². The molecule has 0 spiro atoms. The Morgan fingerprint density at radius 2 is 2.25 bits per heavy atom. The lowest BCUT2D eigenvalue weighted by molar-refractivity contribution is -0.0351. The van der Waals surface area contributed by atoms with E-state index in [9.17, 15) is 4.39 Å². The first kappa shape index (κ1) is 13.2. The number of aliphatic hydroxyl groups is 1. The van der Waals surface area contributed by atoms with Crippen molar-refractivity contribution in [2.24, 2.45) is 0 Å². The average Bonchev–Trinajstić information content (AvgIpc) is 3.01. The Kier molecular flexibility index (Phi) is 3.27. The van der Waals surface area contributed by atoms with Gasteiger partial charge in [0.05, 0.1) is 19.0 Å². The van der Waals surface area contributed by atoms with Crippen molar-refractivity contribution in [2.75, 3.05) is 25.6 Å². The minimum absolute atomic E-state index is 0.173. The number of alkyl halides is 1. The summed E-state index contributed by atoms with van der Waals surface area (Å²) in [4.78, 5) is 14.4. The normalized spacial score (nSPS) is 26.3. The highest BCUT2D eigenvalue weighted by atomic mass is 19.1. The average molecular weight is 281 g/mol. The summed E-state index contributed by atoms with van der Waals surface area (Å²) < 4.78 is 21.1. The molecule has 2 aromatic rings. The van der Waals surface area contributed by atoms with Crippen LogP contribution in [0.5, 0.6) is 0 Å². The van der Waals surface area contributed by atoms with E-state index in [1.165, 1.54) is 12.7 Å². The predicted octanol–water partition coefficient (Wildman–Crippen LogP) is 0.510. The quantitative estimate of drug-likeness (QED) is 0.883. The Morgan fingerprint density at radius 3 is 2.90 bits per heavy atom. The van der Waals surface area contributed by atoms with Crippen LogP contribution in [0.2, 0.25) is 0 Å². The SMILES string of the molecule is CN(C)c1ncnc2c1ncn2[C@@H]1O[C@H](CO)C[C@@H]1F. The summed E-state index contributed by atoms with van der Waals surface area (Å²) in [7, 11) is 3.71. The summed E-state index contributed by atoms with van der Waals surface area (Å²) in [5, 5.41) is 9.08. The summed E-state index contributed by atoms with van der Waals surface area (Å²) in [6, 6.07) is 0. The summed E-state index contributed by atoms with van der Waals surface area (Å²) >= 11 is 0. The number of anilines is 1. The molecular formula is C12H16FN5O2. The molecule has 1 saturated heterocycles. The van der Waals surface area contributed by atoms with Crippen LogP contribution in [0.15, 0.2) is 12.7 Å². The third-order valence-corrected chi connectivity index (χ3v) is 3.37. The van der Waals surface area contributed by atoms with Gasteiger partial charge in [0, 0.05) is 20.5 Å². The van der Waals surface area contributed by atoms with E-state index in [1.807, 2.05) is 19.0 Å². The molecule has 3 heterocycles. The Morgan fingerprint density at radius 1 is 1.45 bits per heavy atom. The standard InChI is InChI=1S/C12H16FN5O2/c1-17(2)10-9-11(15-5-14-10)18(6-16-9)12-8(13)3-7(4-19)20-12/h5-8,12,19H,3-4H2,1-2H3/t7-,8-,12+/m0/s1. The Balaban J connectivity index is 2.03. The van der Waals surface area contributed by atoms with Crippen molar-refractivity contribution in [1.29, 1.82) is 0 Å². The van der Waals surface area contributed by atoms with E-state index in [-0.39, 0.29) is 13.0 Å². The van der Waals surface area contributed by atoms with E-state index < -0.39 is 18.5 Å². The number of aromatic nitrogens is 4. The molecule has 7 nitrogen and oxygen atoms in total. The highest BCUT2D eigenvalue weighted by Gasteiger charge is 2.37. The zero-order chi connectivity index (χ0) is 14.3. The molecule has 0 saturated carbocycles. The number of fused-ring (bicyclic) bond motifs is 1. The largest absolute Gasteiger partial charge is 0.394 e. The van der Waals surface area contributed by atoms with Gasteiger partial charge in [-0.15, -0.1) is 0 Å². The lowest BCUT2D eigenvalue weighted by Gasteiger charge is -2.16. The fraction of sp³-hybridized carbons (Fsp3) is 0.583. The van der Waals surface area contributed by atoms with Gasteiger partial charge in [0.1, 0.15) is 12.5 Å². The van der Waals surface area contributed by atoms with Gasteiger partial charge in [-0.05, 0) is 0 Å². The number of ether oxygens (including phenoxy) is 1. The number of aliphatic hydroxyl groups excluding tert-OH is 1. The van der Waals surface area contributed by atoms with Crippen molar-refractivity contribution in [3.8, 4) is 0 Å². The predicted molar refractivity (Wildman–Crippen MR) is 70.2 cm³/mol. The number of rotatable bonds is 3. The zero-order valence-electron chi connectivity index (χ0n) is 11.3. The molecule has 0 amide bonds. The molecule has 0 aromatic carbocycles. The van der Waals surface area contributed by atoms with E-state index in [2.05, 4.69) is 15.0 Å². The Hall–Kier alpha value is -1.80. The van der Waals surface area contributed by atoms with Crippen LogP contribution in [0.1, 0.15) is 12.6 Å². The monoisotopic (exact) mass is 281 g/mol. The summed E-state index contributed by atoms with van der Waals surface area (Å²) in [5.74, 6) is 0.667. The van der Waals surface area contributed by atoms with Crippen LogP contribution in [-0.4, -0.2) is 57.6 Å². The van der Waals surface area contributed by atoms with Crippen LogP contribution in [-0.2, 0) is 4.74 Å². The van der Waals surface area contributed by atoms with Crippen LogP contribution in [0.3, 0.4) is 0 Å². The van der Waals surface area contributed by atoms with Crippen molar-refractivity contribution < 1.29 is 14.2 Å². The lowest BCUT2D eigenvalue weighted by atomic mass is 10.2. The Bertz CT molecular complexity index is 617. The van der Waals surface area contributed by atoms with E-state index >= 15 is 0 Å². The van der Waals surface area contributed by atoms with Crippen molar-refractivity contribution in [1.82, 2.24) is 19.5 Å². The molecule has 0 radical (unpaired) electrons. The molecule has 20 heavy (non-hydrogen) atoms. The van der Waals surface area contributed by atoms with Crippen molar-refractivity contribution in [2.45, 2.75) is 24.9 Å². The highest BCUT2D eigenvalue weighted by molar-refractivity contribution is 5.83. The maximum absolute atomic E-state index is 14.0. The molecule has 3 atom stereocenters. The molecule has 1 N–H and O–H groups in total. The molecule has 0 unspecified atom stereocenters. The molecule has 3 rings (SSSR count). The minimum atomic E-state index is -1.19. The fourth-order valence-corrected chi connectivity index (χ4v) is 2.42. The van der Waals surface area contributed by atoms with E-state index in [4.69, 9.17) is 9.84 Å². The second-order valence-corrected chi connectivity index (χ2v) is 5.00. The van der Waals surface area contributed by atoms with Crippen LogP contribution in [0, 0.1) is 0 Å². The van der Waals surface area contributed by atoms with Crippen LogP contribution < -0.4 is 4.90 Å². The molecule has 1 aliphatic heterocycles. The number of nitrogens with zero attached hydrogens (tertiary/aromatic N) is 5. The fourth-order valence-electron chi connectivity index (χ4n) is 2.42. The maximum atomic E-state index is 14.0. The first-order chi connectivity index (χ1) is 9.61. The number of halogens is 1. The van der Waals surface area contributed by atoms with Gasteiger partial charge in [0.25, 0.3) is 0 Å². The van der Waals surface area contributed by atoms with Crippen molar-refractivity contribution in [3.63, 3.8) is 0 Å². The third-order valence-electron chi connectivity index (χ3n) is 3.37. The molecule has 1 fully saturated rings. The van der Waals surface area contributed by atoms with E-state index in [1.54, 1.807) is 4.57 Å². The zero-order valence-corrected chi connectivity index (χ0v) is 11.3. The Labute approximate surface area is 115 Å². The van der Waals surface area contributed by atoms with Gasteiger partial charge in [0.15, 0.2) is 23.2 Å². The smallest absolute Gasteiger partial charge is 0.168 e. The second-order valence-electron chi connectivity index (χ2n) is 5.00. The second kappa shape index (κ2) is 4.95. The van der Waals surface area contributed by atoms with Gasteiger partial charge in [-0.25, -0.2) is 19.3 Å². The highest BCUT2D eigenvalue weighted by Crippen LogP contribution is 2.33. The summed E-state index contributed by atoms with van der Waals surface area (Å²) in [5.41, 5.74) is 1.12. The molecule has 1 aliphatic rings. The van der Waals surface area contributed by atoms with Crippen LogP contribution in [0.25, 0.3) is 11.2 Å². The lowest BCUT2D eigenvalue weighted by Crippen LogP contribution is -2.17. The summed E-state index contributed by atoms with van der Waals surface area (Å²) in [6.07, 6.45) is 0.615. The molecule has 0 aliphatic carbocycles. The summed E-state index contributed by atoms with van der Waals surface area (Å²) in [6.45, 7) is -0.193. The van der Waals surface area contributed by atoms with Gasteiger partial charge >= 0.3 is 0 Å². The third kappa shape index (κ3) is 2.01. The van der Waals surface area contributed by atoms with Gasteiger partial charge in [-0.1, -0.05) is 0 Å². The van der Waals surface area contributed by atoms with Gasteiger partial charge in [-0.2, -0.15) is 0 Å². The maximum Gasteiger partial charge on any atom is 0.168 e. The number of imidazole rings is 1. The first-order valence-corrected chi connectivity index (χ1v) is 6.37. The molecule has 2 aromatic heterocycles.